The van der Waals surface area contributed by atoms with Crippen LogP contribution in [0.5, 0.6) is 0 Å². The smallest absolute Gasteiger partial charge is 0.143 e. The van der Waals surface area contributed by atoms with Crippen LogP contribution in [0.4, 0.5) is 0 Å². The molecule has 0 amide bonds. The molecule has 0 spiro atoms. The lowest BCUT2D eigenvalue weighted by atomic mass is 9.67. The lowest BCUT2D eigenvalue weighted by molar-refractivity contribution is 0.669. The number of hydrogen-bond donors (Lipinski definition) is 0. The van der Waals surface area contributed by atoms with Crippen LogP contribution in [0.1, 0.15) is 22.3 Å². The second-order valence-corrected chi connectivity index (χ2v) is 10.6. The van der Waals surface area contributed by atoms with Crippen molar-refractivity contribution in [1.29, 1.82) is 0 Å². The molecular weight excluding hydrogens is 516 g/mol. The Morgan fingerprint density at radius 3 is 1.78 bits per heavy atom. The third-order valence-electron chi connectivity index (χ3n) is 8.01. The van der Waals surface area contributed by atoms with Crippen LogP contribution < -0.4 is 0 Å². The van der Waals surface area contributed by atoms with Gasteiger partial charge in [-0.1, -0.05) is 131 Å². The Morgan fingerprint density at radius 1 is 0.486 bits per heavy atom. The van der Waals surface area contributed by atoms with Crippen molar-refractivity contribution in [3.8, 4) is 11.1 Å². The van der Waals surface area contributed by atoms with Crippen LogP contribution in [0.15, 0.2) is 136 Å². The fourth-order valence-corrected chi connectivity index (χ4v) is 7.13. The van der Waals surface area contributed by atoms with Gasteiger partial charge in [-0.15, -0.1) is 0 Å². The van der Waals surface area contributed by atoms with E-state index < -0.39 is 5.41 Å². The number of para-hydroxylation sites is 1. The normalized spacial score (nSPS) is 13.8. The molecule has 0 radical (unpaired) electrons. The topological polar surface area (TPSA) is 13.1 Å². The highest BCUT2D eigenvalue weighted by molar-refractivity contribution is 9.10. The zero-order valence-electron chi connectivity index (χ0n) is 19.9. The van der Waals surface area contributed by atoms with Gasteiger partial charge in [-0.3, -0.25) is 0 Å². The number of rotatable bonds is 2. The highest BCUT2D eigenvalue weighted by Crippen LogP contribution is 2.60. The van der Waals surface area contributed by atoms with Crippen LogP contribution in [0.2, 0.25) is 0 Å². The maximum Gasteiger partial charge on any atom is 0.143 e. The third-order valence-corrected chi connectivity index (χ3v) is 8.67. The van der Waals surface area contributed by atoms with Crippen LogP contribution >= 0.6 is 15.9 Å². The van der Waals surface area contributed by atoms with Gasteiger partial charge in [-0.2, -0.15) is 0 Å². The zero-order chi connectivity index (χ0) is 24.6. The molecule has 6 aromatic carbocycles. The molecule has 0 atom stereocenters. The maximum atomic E-state index is 6.68. The van der Waals surface area contributed by atoms with Gasteiger partial charge < -0.3 is 4.42 Å². The van der Waals surface area contributed by atoms with E-state index in [1.165, 1.54) is 44.2 Å². The molecule has 1 heterocycles. The van der Waals surface area contributed by atoms with Crippen molar-refractivity contribution in [2.24, 2.45) is 0 Å². The van der Waals surface area contributed by atoms with Crippen molar-refractivity contribution in [1.82, 2.24) is 0 Å². The van der Waals surface area contributed by atoms with Crippen LogP contribution in [-0.2, 0) is 5.41 Å². The molecule has 174 valence electrons. The molecule has 2 heteroatoms. The maximum absolute atomic E-state index is 6.68. The lowest BCUT2D eigenvalue weighted by Crippen LogP contribution is -2.28. The standard InChI is InChI=1S/C35H21BrO/c36-30-21-29-32(26-17-8-7-15-24(26)30)33-28(20-19-27-25-16-9-10-18-31(25)37-34(27)33)35(29,22-11-3-1-4-12-22)23-13-5-2-6-14-23/h1-21H. The van der Waals surface area contributed by atoms with Crippen molar-refractivity contribution < 1.29 is 4.42 Å². The quantitative estimate of drug-likeness (QED) is 0.214. The predicted molar refractivity (Wildman–Crippen MR) is 156 cm³/mol. The summed E-state index contributed by atoms with van der Waals surface area (Å²) in [6, 6.07) is 45.8. The second kappa shape index (κ2) is 7.68. The average Bonchev–Trinajstić information content (AvgIpc) is 3.48. The molecule has 1 aliphatic rings. The molecule has 0 saturated heterocycles. The molecule has 0 fully saturated rings. The van der Waals surface area contributed by atoms with Crippen LogP contribution in [0.25, 0.3) is 43.8 Å². The van der Waals surface area contributed by atoms with Gasteiger partial charge in [0.2, 0.25) is 0 Å². The minimum Gasteiger partial charge on any atom is -0.455 e. The molecule has 37 heavy (non-hydrogen) atoms. The number of furan rings is 1. The Labute approximate surface area is 223 Å². The molecule has 8 rings (SSSR count). The largest absolute Gasteiger partial charge is 0.455 e. The van der Waals surface area contributed by atoms with E-state index in [-0.39, 0.29) is 0 Å². The van der Waals surface area contributed by atoms with Crippen molar-refractivity contribution in [3.05, 3.63) is 154 Å². The molecule has 0 bridgehead atoms. The highest BCUT2D eigenvalue weighted by atomic mass is 79.9. The molecule has 0 unspecified atom stereocenters. The molecule has 1 aromatic heterocycles. The predicted octanol–water partition coefficient (Wildman–Crippen LogP) is 9.86. The van der Waals surface area contributed by atoms with E-state index in [1.807, 2.05) is 6.07 Å². The van der Waals surface area contributed by atoms with Gasteiger partial charge in [-0.05, 0) is 50.7 Å². The van der Waals surface area contributed by atoms with E-state index in [9.17, 15) is 0 Å². The van der Waals surface area contributed by atoms with Gasteiger partial charge in [0.15, 0.2) is 0 Å². The van der Waals surface area contributed by atoms with Gasteiger partial charge >= 0.3 is 0 Å². The van der Waals surface area contributed by atoms with E-state index in [0.717, 1.165) is 26.4 Å². The summed E-state index contributed by atoms with van der Waals surface area (Å²) in [4.78, 5) is 0. The van der Waals surface area contributed by atoms with Gasteiger partial charge in [0.1, 0.15) is 11.2 Å². The number of benzene rings is 6. The summed E-state index contributed by atoms with van der Waals surface area (Å²) in [7, 11) is 0. The Kier molecular flexibility index (Phi) is 4.36. The van der Waals surface area contributed by atoms with Crippen LogP contribution in [0, 0.1) is 0 Å². The molecular formula is C35H21BrO. The molecule has 0 N–H and O–H groups in total. The minimum absolute atomic E-state index is 0.479. The highest BCUT2D eigenvalue weighted by Gasteiger charge is 2.48. The number of fused-ring (bicyclic) bond motifs is 9. The first-order chi connectivity index (χ1) is 18.3. The van der Waals surface area contributed by atoms with E-state index in [4.69, 9.17) is 4.42 Å². The molecule has 0 saturated carbocycles. The molecule has 0 aliphatic heterocycles. The monoisotopic (exact) mass is 536 g/mol. The summed E-state index contributed by atoms with van der Waals surface area (Å²) in [6.07, 6.45) is 0. The first kappa shape index (κ1) is 21.0. The number of hydrogen-bond acceptors (Lipinski definition) is 1. The van der Waals surface area contributed by atoms with Crippen molar-refractivity contribution >= 4 is 48.6 Å². The summed E-state index contributed by atoms with van der Waals surface area (Å²) < 4.78 is 7.79. The SMILES string of the molecule is Brc1cc2c(c3ccccc13)-c1c(ccc3c1oc1ccccc13)C2(c1ccccc1)c1ccccc1. The summed E-state index contributed by atoms with van der Waals surface area (Å²) in [5.41, 5.74) is 8.89. The number of halogens is 1. The molecule has 1 aliphatic carbocycles. The Balaban J connectivity index is 1.66. The zero-order valence-corrected chi connectivity index (χ0v) is 21.5. The fraction of sp³-hybridized carbons (Fsp3) is 0.0286. The average molecular weight is 537 g/mol. The summed E-state index contributed by atoms with van der Waals surface area (Å²) in [5, 5.41) is 4.75. The van der Waals surface area contributed by atoms with E-state index in [2.05, 4.69) is 137 Å². The lowest BCUT2D eigenvalue weighted by Gasteiger charge is -2.34. The van der Waals surface area contributed by atoms with Crippen LogP contribution in [-0.4, -0.2) is 0 Å². The Morgan fingerprint density at radius 2 is 1.08 bits per heavy atom. The summed E-state index contributed by atoms with van der Waals surface area (Å²) in [6.45, 7) is 0. The summed E-state index contributed by atoms with van der Waals surface area (Å²) in [5.74, 6) is 0. The van der Waals surface area contributed by atoms with E-state index >= 15 is 0 Å². The van der Waals surface area contributed by atoms with Crippen molar-refractivity contribution in [2.45, 2.75) is 5.41 Å². The van der Waals surface area contributed by atoms with Crippen LogP contribution in [0.3, 0.4) is 0 Å². The van der Waals surface area contributed by atoms with Gasteiger partial charge in [0.25, 0.3) is 0 Å². The first-order valence-electron chi connectivity index (χ1n) is 12.6. The Bertz CT molecular complexity index is 1940. The molecule has 7 aromatic rings. The molecule has 1 nitrogen and oxygen atoms in total. The second-order valence-electron chi connectivity index (χ2n) is 9.77. The minimum atomic E-state index is -0.479. The Hall–Kier alpha value is -4.14. The summed E-state index contributed by atoms with van der Waals surface area (Å²) >= 11 is 3.95. The van der Waals surface area contributed by atoms with Crippen molar-refractivity contribution in [3.63, 3.8) is 0 Å². The van der Waals surface area contributed by atoms with Gasteiger partial charge in [0.05, 0.1) is 5.41 Å². The first-order valence-corrected chi connectivity index (χ1v) is 13.4. The van der Waals surface area contributed by atoms with Gasteiger partial charge in [0, 0.05) is 20.8 Å². The van der Waals surface area contributed by atoms with Crippen molar-refractivity contribution in [2.75, 3.05) is 0 Å². The fourth-order valence-electron chi connectivity index (χ4n) is 6.56. The third kappa shape index (κ3) is 2.68. The van der Waals surface area contributed by atoms with E-state index in [1.54, 1.807) is 0 Å². The van der Waals surface area contributed by atoms with Gasteiger partial charge in [-0.25, -0.2) is 0 Å². The van der Waals surface area contributed by atoms with E-state index in [0.29, 0.717) is 0 Å².